The number of thiophene rings is 1. The van der Waals surface area contributed by atoms with Gasteiger partial charge in [-0.15, -0.1) is 11.3 Å². The van der Waals surface area contributed by atoms with E-state index in [2.05, 4.69) is 0 Å². The second kappa shape index (κ2) is 5.20. The van der Waals surface area contributed by atoms with Gasteiger partial charge in [0, 0.05) is 19.2 Å². The summed E-state index contributed by atoms with van der Waals surface area (Å²) in [5.41, 5.74) is 0.774. The Kier molecular flexibility index (Phi) is 3.95. The van der Waals surface area contributed by atoms with Gasteiger partial charge < -0.3 is 0 Å². The zero-order valence-corrected chi connectivity index (χ0v) is 12.4. The maximum atomic E-state index is 12.3. The van der Waals surface area contributed by atoms with Crippen LogP contribution in [0.1, 0.15) is 13.3 Å². The molecular weight excluding hydrogens is 312 g/mol. The lowest BCUT2D eigenvalue weighted by Crippen LogP contribution is -2.34. The molecule has 0 aliphatic carbocycles. The smallest absolute Gasteiger partial charge is 0.258 e. The first-order chi connectivity index (χ1) is 8.82. The molecule has 0 unspecified atom stereocenters. The maximum Gasteiger partial charge on any atom is 0.300 e. The highest BCUT2D eigenvalue weighted by molar-refractivity contribution is 7.91. The largest absolute Gasteiger partial charge is 0.300 e. The van der Waals surface area contributed by atoms with E-state index in [1.807, 2.05) is 13.0 Å². The van der Waals surface area contributed by atoms with Crippen LogP contribution in [0.25, 0.3) is 0 Å². The van der Waals surface area contributed by atoms with Gasteiger partial charge >= 0.3 is 0 Å². The molecule has 0 spiro atoms. The van der Waals surface area contributed by atoms with Gasteiger partial charge in [-0.05, 0) is 13.3 Å². The number of nitro groups is 1. The Bertz CT molecular complexity index is 650. The Morgan fingerprint density at radius 2 is 2.21 bits per heavy atom. The van der Waals surface area contributed by atoms with Crippen molar-refractivity contribution < 1.29 is 13.3 Å². The molecule has 1 aromatic rings. The summed E-state index contributed by atoms with van der Waals surface area (Å²) in [5, 5.41) is 10.7. The second-order valence-electron chi connectivity index (χ2n) is 4.15. The van der Waals surface area contributed by atoms with Crippen LogP contribution in [0.5, 0.6) is 0 Å². The molecular formula is C10H11ClN2O4S2. The third-order valence-corrected chi connectivity index (χ3v) is 6.49. The molecule has 0 fully saturated rings. The van der Waals surface area contributed by atoms with Crippen LogP contribution in [0, 0.1) is 10.1 Å². The first-order valence-electron chi connectivity index (χ1n) is 5.42. The predicted molar refractivity (Wildman–Crippen MR) is 73.1 cm³/mol. The minimum Gasteiger partial charge on any atom is -0.258 e. The van der Waals surface area contributed by atoms with Crippen molar-refractivity contribution in [2.45, 2.75) is 17.6 Å². The van der Waals surface area contributed by atoms with Gasteiger partial charge in [0.25, 0.3) is 15.7 Å². The number of halogens is 1. The lowest BCUT2D eigenvalue weighted by Gasteiger charge is -2.23. The van der Waals surface area contributed by atoms with Crippen molar-refractivity contribution in [3.63, 3.8) is 0 Å². The van der Waals surface area contributed by atoms with E-state index in [1.165, 1.54) is 4.31 Å². The van der Waals surface area contributed by atoms with Crippen LogP contribution in [0.4, 0.5) is 5.69 Å². The summed E-state index contributed by atoms with van der Waals surface area (Å²) in [6.07, 6.45) is 2.51. The fourth-order valence-corrected chi connectivity index (χ4v) is 4.89. The molecule has 6 nitrogen and oxygen atoms in total. The van der Waals surface area contributed by atoms with Crippen molar-refractivity contribution in [1.29, 1.82) is 0 Å². The van der Waals surface area contributed by atoms with Crippen molar-refractivity contribution in [2.24, 2.45) is 0 Å². The summed E-state index contributed by atoms with van der Waals surface area (Å²) in [6.45, 7) is 2.61. The first-order valence-corrected chi connectivity index (χ1v) is 8.05. The highest BCUT2D eigenvalue weighted by Crippen LogP contribution is 2.37. The van der Waals surface area contributed by atoms with Crippen LogP contribution < -0.4 is 0 Å². The monoisotopic (exact) mass is 322 g/mol. The Balaban J connectivity index is 2.35. The lowest BCUT2D eigenvalue weighted by molar-refractivity contribution is -0.384. The summed E-state index contributed by atoms with van der Waals surface area (Å²) < 4.78 is 25.7. The molecule has 0 radical (unpaired) electrons. The molecule has 0 aromatic carbocycles. The van der Waals surface area contributed by atoms with Crippen molar-refractivity contribution in [3.8, 4) is 0 Å². The SMILES string of the molecule is CC1=CCN(S(=O)(=O)c2cc([N+](=O)[O-])c(Cl)s2)CC1. The summed E-state index contributed by atoms with van der Waals surface area (Å²) in [6, 6.07) is 1.02. The highest BCUT2D eigenvalue weighted by atomic mass is 35.5. The number of sulfonamides is 1. The van der Waals surface area contributed by atoms with E-state index in [-0.39, 0.29) is 20.8 Å². The van der Waals surface area contributed by atoms with E-state index < -0.39 is 14.9 Å². The molecule has 0 saturated carbocycles. The van der Waals surface area contributed by atoms with Gasteiger partial charge in [-0.2, -0.15) is 4.31 Å². The average Bonchev–Trinajstić information content (AvgIpc) is 2.72. The third-order valence-electron chi connectivity index (χ3n) is 2.84. The average molecular weight is 323 g/mol. The zero-order chi connectivity index (χ0) is 14.2. The van der Waals surface area contributed by atoms with Crippen molar-refractivity contribution in [2.75, 3.05) is 13.1 Å². The van der Waals surface area contributed by atoms with Crippen LogP contribution >= 0.6 is 22.9 Å². The fraction of sp³-hybridized carbons (Fsp3) is 0.400. The fourth-order valence-electron chi connectivity index (χ4n) is 1.69. The topological polar surface area (TPSA) is 80.5 Å². The first kappa shape index (κ1) is 14.4. The zero-order valence-electron chi connectivity index (χ0n) is 10.00. The Labute approximate surface area is 119 Å². The number of rotatable bonds is 3. The van der Waals surface area contributed by atoms with Gasteiger partial charge in [0.15, 0.2) is 4.34 Å². The summed E-state index contributed by atoms with van der Waals surface area (Å²) in [7, 11) is -3.70. The third kappa shape index (κ3) is 2.81. The molecule has 19 heavy (non-hydrogen) atoms. The number of hydrogen-bond donors (Lipinski definition) is 0. The van der Waals surface area contributed by atoms with E-state index in [4.69, 9.17) is 11.6 Å². The lowest BCUT2D eigenvalue weighted by atomic mass is 10.1. The maximum absolute atomic E-state index is 12.3. The molecule has 2 rings (SSSR count). The molecule has 0 saturated heterocycles. The van der Waals surface area contributed by atoms with E-state index in [0.717, 1.165) is 23.0 Å². The molecule has 0 bridgehead atoms. The second-order valence-corrected chi connectivity index (χ2v) is 7.96. The summed E-state index contributed by atoms with van der Waals surface area (Å²) >= 11 is 6.41. The predicted octanol–water partition coefficient (Wildman–Crippen LogP) is 2.65. The van der Waals surface area contributed by atoms with Crippen LogP contribution in [-0.4, -0.2) is 30.7 Å². The summed E-state index contributed by atoms with van der Waals surface area (Å²) in [5.74, 6) is 0. The Morgan fingerprint density at radius 3 is 2.68 bits per heavy atom. The molecule has 0 amide bonds. The number of hydrogen-bond acceptors (Lipinski definition) is 5. The van der Waals surface area contributed by atoms with Crippen LogP contribution in [0.2, 0.25) is 4.34 Å². The van der Waals surface area contributed by atoms with E-state index in [0.29, 0.717) is 13.0 Å². The quantitative estimate of drug-likeness (QED) is 0.486. The Hall–Kier alpha value is -0.960. The highest BCUT2D eigenvalue weighted by Gasteiger charge is 2.30. The molecule has 1 aliphatic heterocycles. The van der Waals surface area contributed by atoms with Crippen molar-refractivity contribution in [1.82, 2.24) is 4.31 Å². The van der Waals surface area contributed by atoms with Crippen molar-refractivity contribution in [3.05, 3.63) is 32.2 Å². The van der Waals surface area contributed by atoms with Gasteiger partial charge in [-0.1, -0.05) is 23.3 Å². The van der Waals surface area contributed by atoms with E-state index >= 15 is 0 Å². The van der Waals surface area contributed by atoms with Gasteiger partial charge in [0.1, 0.15) is 4.21 Å². The van der Waals surface area contributed by atoms with Gasteiger partial charge in [-0.3, -0.25) is 10.1 Å². The summed E-state index contributed by atoms with van der Waals surface area (Å²) in [4.78, 5) is 10.0. The van der Waals surface area contributed by atoms with Crippen LogP contribution in [0.15, 0.2) is 21.9 Å². The normalized spacial score (nSPS) is 17.3. The van der Waals surface area contributed by atoms with E-state index in [1.54, 1.807) is 0 Å². The standard InChI is InChI=1S/C10H11ClN2O4S2/c1-7-2-4-12(5-3-7)19(16,17)9-6-8(13(14)15)10(11)18-9/h2,6H,3-5H2,1H3. The minimum absolute atomic E-state index is 0.0860. The van der Waals surface area contributed by atoms with Crippen LogP contribution in [-0.2, 0) is 10.0 Å². The molecule has 104 valence electrons. The van der Waals surface area contributed by atoms with E-state index in [9.17, 15) is 18.5 Å². The molecule has 9 heteroatoms. The Morgan fingerprint density at radius 1 is 1.53 bits per heavy atom. The van der Waals surface area contributed by atoms with Gasteiger partial charge in [0.05, 0.1) is 4.92 Å². The van der Waals surface area contributed by atoms with Gasteiger partial charge in [0.2, 0.25) is 0 Å². The molecule has 2 heterocycles. The number of nitrogens with zero attached hydrogens (tertiary/aromatic N) is 2. The van der Waals surface area contributed by atoms with Crippen LogP contribution in [0.3, 0.4) is 0 Å². The van der Waals surface area contributed by atoms with Gasteiger partial charge in [-0.25, -0.2) is 8.42 Å². The molecule has 0 atom stereocenters. The molecule has 1 aliphatic rings. The van der Waals surface area contributed by atoms with Crippen molar-refractivity contribution >= 4 is 38.6 Å². The molecule has 1 aromatic heterocycles. The minimum atomic E-state index is -3.70. The molecule has 0 N–H and O–H groups in total.